The first kappa shape index (κ1) is 83.0. The predicted molar refractivity (Wildman–Crippen MR) is 438 cm³/mol. The summed E-state index contributed by atoms with van der Waals surface area (Å²) in [7, 11) is 0. The number of nitrogens with zero attached hydrogens (tertiary/aromatic N) is 8. The number of unbranched alkanes of at least 4 members (excludes halogenated alkanes) is 13. The van der Waals surface area contributed by atoms with Crippen molar-refractivity contribution in [1.82, 2.24) is 39.7 Å². The van der Waals surface area contributed by atoms with Gasteiger partial charge >= 0.3 is 0 Å². The van der Waals surface area contributed by atoms with E-state index in [1.807, 2.05) is 125 Å². The van der Waals surface area contributed by atoms with Crippen molar-refractivity contribution < 1.29 is 29.5 Å². The minimum atomic E-state index is -0.458. The van der Waals surface area contributed by atoms with E-state index in [1.165, 1.54) is 101 Å². The fourth-order valence-corrected chi connectivity index (χ4v) is 15.9. The standard InChI is InChI=1S/C36H59N3O2.C29H36N4O4.C25H29N3O/c1-3-5-7-8-9-10-11-12-13-14-15-16-25-35(40)34(37)29-38-26-27-39(28-31(38)22-6-4-2)36(41)33-24-19-21-30-20-17-18-23-32(30)33;1-3-21(2)32-16-15-31(29(35)28-10-6-8-23-7-4-5-9-27(23)28)19-26(32)17-24(20-34)30-18-22-11-13-25(14-12-22)33(36)37;1-2-3-11-22-19-28(16-15-27(22)18-20-8-7-14-26-17-20)25(29)24-13-6-10-21-9-4-5-12-23(21)24/h17-21,23-24,31,34-35,40H,3-16,22,25-29,37H2,1-2H3;4-14,21,24,26,30,34H,3,15-20H2,1-2H3;4-10,12-14,17,22H,2-3,11,15-16,18-19H2,1H3/t31-,34+,35?;21?,24-,26+;22-/m010/s1. The van der Waals surface area contributed by atoms with Gasteiger partial charge in [0.1, 0.15) is 0 Å². The summed E-state index contributed by atoms with van der Waals surface area (Å²) in [6.45, 7) is 19.9. The molecule has 3 fully saturated rings. The van der Waals surface area contributed by atoms with Gasteiger partial charge in [-0.1, -0.05) is 258 Å². The molecule has 0 bridgehead atoms. The highest BCUT2D eigenvalue weighted by atomic mass is 16.6. The maximum absolute atomic E-state index is 13.6. The number of aliphatic hydroxyl groups excluding tert-OH is 2. The number of aromatic nitrogens is 1. The molecular weight excluding hydrogens is 1330 g/mol. The lowest BCUT2D eigenvalue weighted by molar-refractivity contribution is -0.384. The van der Waals surface area contributed by atoms with Crippen LogP contribution in [0.5, 0.6) is 0 Å². The van der Waals surface area contributed by atoms with Crippen LogP contribution in [0.4, 0.5) is 5.69 Å². The number of hydrogen-bond acceptors (Lipinski definition) is 13. The third-order valence-corrected chi connectivity index (χ3v) is 22.5. The zero-order valence-electron chi connectivity index (χ0n) is 64.9. The van der Waals surface area contributed by atoms with Crippen LogP contribution in [0.3, 0.4) is 0 Å². The Morgan fingerprint density at radius 1 is 0.533 bits per heavy atom. The van der Waals surface area contributed by atoms with Crippen molar-refractivity contribution in [3.05, 3.63) is 214 Å². The van der Waals surface area contributed by atoms with E-state index < -0.39 is 11.0 Å². The summed E-state index contributed by atoms with van der Waals surface area (Å²) in [5.74, 6) is 0.327. The second-order valence-electron chi connectivity index (χ2n) is 30.2. The van der Waals surface area contributed by atoms with Gasteiger partial charge in [0, 0.05) is 156 Å². The van der Waals surface area contributed by atoms with Gasteiger partial charge in [-0.15, -0.1) is 0 Å². The number of carbonyl (C=O) groups excluding carboxylic acids is 3. The molecule has 5 N–H and O–H groups in total. The average molecular weight is 1460 g/mol. The van der Waals surface area contributed by atoms with Crippen molar-refractivity contribution in [2.24, 2.45) is 5.73 Å². The second-order valence-corrected chi connectivity index (χ2v) is 30.2. The average Bonchev–Trinajstić information content (AvgIpc) is 0.804. The summed E-state index contributed by atoms with van der Waals surface area (Å²) >= 11 is 0. The predicted octanol–water partition coefficient (Wildman–Crippen LogP) is 16.9. The van der Waals surface area contributed by atoms with Crippen LogP contribution >= 0.6 is 0 Å². The van der Waals surface area contributed by atoms with Crippen LogP contribution in [-0.4, -0.2) is 182 Å². The highest BCUT2D eigenvalue weighted by Gasteiger charge is 2.36. The first-order chi connectivity index (χ1) is 52.2. The number of pyridine rings is 1. The Hall–Kier alpha value is -8.00. The van der Waals surface area contributed by atoms with Crippen LogP contribution in [0.25, 0.3) is 32.3 Å². The molecule has 17 nitrogen and oxygen atoms in total. The van der Waals surface area contributed by atoms with E-state index >= 15 is 0 Å². The summed E-state index contributed by atoms with van der Waals surface area (Å²) in [4.78, 5) is 68.9. The van der Waals surface area contributed by atoms with Crippen molar-refractivity contribution in [2.75, 3.05) is 72.1 Å². The number of nitrogens with two attached hydrogens (primary N) is 1. The lowest BCUT2D eigenvalue weighted by Gasteiger charge is -2.45. The number of nitro benzene ring substituents is 1. The van der Waals surface area contributed by atoms with Crippen LogP contribution in [0.1, 0.15) is 212 Å². The van der Waals surface area contributed by atoms with Crippen molar-refractivity contribution in [1.29, 1.82) is 0 Å². The summed E-state index contributed by atoms with van der Waals surface area (Å²) in [6, 6.07) is 53.5. The number of non-ortho nitro benzene ring substituents is 1. The van der Waals surface area contributed by atoms with Crippen LogP contribution in [0, 0.1) is 10.1 Å². The fourth-order valence-electron chi connectivity index (χ4n) is 15.9. The van der Waals surface area contributed by atoms with Crippen LogP contribution in [0.2, 0.25) is 0 Å². The maximum atomic E-state index is 13.6. The topological polar surface area (TPSA) is 205 Å². The highest BCUT2D eigenvalue weighted by molar-refractivity contribution is 6.09. The van der Waals surface area contributed by atoms with E-state index in [0.717, 1.165) is 145 Å². The number of benzene rings is 7. The molecule has 7 aromatic carbocycles. The van der Waals surface area contributed by atoms with Gasteiger partial charge in [0.2, 0.25) is 0 Å². The second kappa shape index (κ2) is 44.5. The van der Waals surface area contributed by atoms with E-state index in [1.54, 1.807) is 12.1 Å². The Morgan fingerprint density at radius 3 is 1.45 bits per heavy atom. The summed E-state index contributed by atoms with van der Waals surface area (Å²) in [5.41, 5.74) is 11.1. The minimum absolute atomic E-state index is 0.0326. The van der Waals surface area contributed by atoms with Crippen molar-refractivity contribution in [3.63, 3.8) is 0 Å². The van der Waals surface area contributed by atoms with E-state index in [9.17, 15) is 34.7 Å². The molecule has 8 aromatic rings. The molecule has 0 saturated carbocycles. The fraction of sp³-hybridized carbons (Fsp3) is 0.511. The lowest BCUT2D eigenvalue weighted by atomic mass is 9.98. The SMILES string of the molecule is CCC(C)N1CCN(C(=O)c2cccc3ccccc23)C[C@@H]1C[C@H](CO)NCc1ccc([N+](=O)[O-])cc1.CCCCCCCCCCCCCCC(O)[C@H](N)CN1CCN(C(=O)c2cccc3ccccc23)C[C@@H]1CCCC.CCCC[C@H]1CN(C(=O)c2cccc3ccccc23)CCN1Cc1cccnc1. The van der Waals surface area contributed by atoms with Gasteiger partial charge < -0.3 is 36.0 Å². The van der Waals surface area contributed by atoms with E-state index in [0.29, 0.717) is 51.2 Å². The number of nitrogens with one attached hydrogen (secondary N) is 1. The number of aliphatic hydroxyl groups is 2. The Kier molecular flexibility index (Phi) is 34.5. The van der Waals surface area contributed by atoms with E-state index in [2.05, 4.69) is 101 Å². The maximum Gasteiger partial charge on any atom is 0.269 e. The van der Waals surface area contributed by atoms with E-state index in [4.69, 9.17) is 5.73 Å². The number of hydrogen-bond donors (Lipinski definition) is 4. The van der Waals surface area contributed by atoms with Crippen LogP contribution in [-0.2, 0) is 13.1 Å². The minimum Gasteiger partial charge on any atom is -0.395 e. The molecule has 3 aliphatic heterocycles. The van der Waals surface area contributed by atoms with Gasteiger partial charge in [-0.25, -0.2) is 0 Å². The summed E-state index contributed by atoms with van der Waals surface area (Å²) in [6.07, 6.45) is 28.5. The Balaban J connectivity index is 0.000000188. The Labute approximate surface area is 638 Å². The molecule has 3 saturated heterocycles. The van der Waals surface area contributed by atoms with Crippen molar-refractivity contribution in [2.45, 2.75) is 225 Å². The van der Waals surface area contributed by atoms with Crippen molar-refractivity contribution >= 4 is 55.7 Å². The number of carbonyl (C=O) groups is 3. The first-order valence-corrected chi connectivity index (χ1v) is 40.7. The van der Waals surface area contributed by atoms with Gasteiger partial charge in [-0.3, -0.25) is 44.2 Å². The molecule has 0 spiro atoms. The van der Waals surface area contributed by atoms with Gasteiger partial charge in [0.15, 0.2) is 0 Å². The molecule has 17 heteroatoms. The van der Waals surface area contributed by atoms with Gasteiger partial charge in [0.25, 0.3) is 23.4 Å². The highest BCUT2D eigenvalue weighted by Crippen LogP contribution is 2.29. The normalized spacial score (nSPS) is 17.8. The number of amides is 3. The molecule has 0 radical (unpaired) electrons. The quantitative estimate of drug-likeness (QED) is 0.0164. The summed E-state index contributed by atoms with van der Waals surface area (Å²) < 4.78 is 0. The zero-order chi connectivity index (χ0) is 75.7. The third kappa shape index (κ3) is 24.8. The monoisotopic (exact) mass is 1460 g/mol. The number of rotatable bonds is 36. The van der Waals surface area contributed by atoms with Crippen LogP contribution in [0.15, 0.2) is 176 Å². The molecule has 2 unspecified atom stereocenters. The molecule has 4 heterocycles. The molecular formula is C90H124N10O7. The Morgan fingerprint density at radius 2 is 0.981 bits per heavy atom. The van der Waals surface area contributed by atoms with Gasteiger partial charge in [0.05, 0.1) is 17.6 Å². The number of piperazine rings is 3. The lowest BCUT2D eigenvalue weighted by Crippen LogP contribution is -2.58. The number of fused-ring (bicyclic) bond motifs is 3. The molecule has 3 amide bonds. The molecule has 576 valence electrons. The molecule has 1 aromatic heterocycles. The number of nitro groups is 1. The molecule has 107 heavy (non-hydrogen) atoms. The largest absolute Gasteiger partial charge is 0.395 e. The Bertz CT molecular complexity index is 3960. The van der Waals surface area contributed by atoms with Gasteiger partial charge in [-0.2, -0.15) is 0 Å². The molecule has 7 atom stereocenters. The zero-order valence-corrected chi connectivity index (χ0v) is 64.9. The van der Waals surface area contributed by atoms with E-state index in [-0.39, 0.29) is 54.2 Å². The van der Waals surface area contributed by atoms with Gasteiger partial charge in [-0.05, 0) is 107 Å². The van der Waals surface area contributed by atoms with Crippen molar-refractivity contribution in [3.8, 4) is 0 Å². The third-order valence-electron chi connectivity index (χ3n) is 22.5. The van der Waals surface area contributed by atoms with Crippen LogP contribution < -0.4 is 11.1 Å². The molecule has 0 aliphatic carbocycles. The summed E-state index contributed by atoms with van der Waals surface area (Å²) in [5, 5.41) is 41.6. The molecule has 3 aliphatic rings. The first-order valence-electron chi connectivity index (χ1n) is 40.7. The molecule has 11 rings (SSSR count). The smallest absolute Gasteiger partial charge is 0.269 e.